The Bertz CT molecular complexity index is 515. The Labute approximate surface area is 123 Å². The summed E-state index contributed by atoms with van der Waals surface area (Å²) in [6, 6.07) is 3.86. The van der Waals surface area contributed by atoms with Crippen molar-refractivity contribution in [1.29, 1.82) is 0 Å². The van der Waals surface area contributed by atoms with Crippen LogP contribution >= 0.6 is 11.6 Å². The minimum Gasteiger partial charge on any atom is -0.478 e. The Morgan fingerprint density at radius 2 is 2.00 bits per heavy atom. The number of carboxylic acid groups (broad SMARTS) is 1. The average Bonchev–Trinajstić information content (AvgIpc) is 2.38. The number of anilines is 1. The number of carbonyl (C=O) groups excluding carboxylic acids is 1. The third kappa shape index (κ3) is 4.74. The zero-order chi connectivity index (χ0) is 15.3. The molecule has 0 bridgehead atoms. The fraction of sp³-hybridized carbons (Fsp3) is 0.429. The number of carboxylic acids is 1. The molecule has 0 radical (unpaired) electrons. The van der Waals surface area contributed by atoms with Crippen LogP contribution < -0.4 is 10.6 Å². The summed E-state index contributed by atoms with van der Waals surface area (Å²) in [7, 11) is 0. The van der Waals surface area contributed by atoms with Crippen LogP contribution in [0.4, 0.5) is 10.5 Å². The maximum atomic E-state index is 11.8. The van der Waals surface area contributed by atoms with Crippen molar-refractivity contribution in [2.75, 3.05) is 11.9 Å². The van der Waals surface area contributed by atoms with Gasteiger partial charge in [-0.1, -0.05) is 32.4 Å². The van der Waals surface area contributed by atoms with Gasteiger partial charge in [0, 0.05) is 11.6 Å². The standard InChI is InChI=1S/C14H19ClN2O3/c1-4-14(2,3)8-16-13(20)17-11-6-5-9(15)7-10(11)12(18)19/h5-7H,4,8H2,1-3H3,(H,18,19)(H2,16,17,20). The van der Waals surface area contributed by atoms with Crippen LogP contribution in [0.2, 0.25) is 5.02 Å². The lowest BCUT2D eigenvalue weighted by molar-refractivity contribution is 0.0698. The normalized spacial score (nSPS) is 11.0. The predicted octanol–water partition coefficient (Wildman–Crippen LogP) is 3.60. The lowest BCUT2D eigenvalue weighted by atomic mass is 9.90. The molecule has 1 rings (SSSR count). The van der Waals surface area contributed by atoms with E-state index in [-0.39, 0.29) is 16.7 Å². The lowest BCUT2D eigenvalue weighted by Crippen LogP contribution is -2.36. The molecule has 0 unspecified atom stereocenters. The minimum atomic E-state index is -1.14. The molecule has 0 spiro atoms. The number of benzene rings is 1. The molecule has 0 aliphatic rings. The highest BCUT2D eigenvalue weighted by molar-refractivity contribution is 6.31. The van der Waals surface area contributed by atoms with Crippen molar-refractivity contribution in [3.8, 4) is 0 Å². The van der Waals surface area contributed by atoms with Crippen molar-refractivity contribution >= 4 is 29.3 Å². The molecule has 0 saturated heterocycles. The smallest absolute Gasteiger partial charge is 0.337 e. The summed E-state index contributed by atoms with van der Waals surface area (Å²) < 4.78 is 0. The Morgan fingerprint density at radius 3 is 2.55 bits per heavy atom. The van der Waals surface area contributed by atoms with E-state index in [1.807, 2.05) is 20.8 Å². The number of carbonyl (C=O) groups is 2. The highest BCUT2D eigenvalue weighted by atomic mass is 35.5. The van der Waals surface area contributed by atoms with Gasteiger partial charge < -0.3 is 15.7 Å². The molecule has 2 amide bonds. The molecule has 5 nitrogen and oxygen atoms in total. The Morgan fingerprint density at radius 1 is 1.35 bits per heavy atom. The van der Waals surface area contributed by atoms with Crippen LogP contribution in [0.1, 0.15) is 37.6 Å². The Hall–Kier alpha value is -1.75. The van der Waals surface area contributed by atoms with E-state index in [2.05, 4.69) is 10.6 Å². The first-order chi connectivity index (χ1) is 9.25. The van der Waals surface area contributed by atoms with Gasteiger partial charge in [-0.3, -0.25) is 0 Å². The maximum absolute atomic E-state index is 11.8. The van der Waals surface area contributed by atoms with Crippen molar-refractivity contribution in [1.82, 2.24) is 5.32 Å². The Balaban J connectivity index is 2.74. The molecule has 1 aromatic rings. The molecule has 0 fully saturated rings. The number of rotatable bonds is 5. The highest BCUT2D eigenvalue weighted by Crippen LogP contribution is 2.21. The van der Waals surface area contributed by atoms with Gasteiger partial charge in [0.15, 0.2) is 0 Å². The molecule has 0 atom stereocenters. The summed E-state index contributed by atoms with van der Waals surface area (Å²) in [5.74, 6) is -1.14. The van der Waals surface area contributed by atoms with E-state index < -0.39 is 12.0 Å². The van der Waals surface area contributed by atoms with Crippen LogP contribution in [0.3, 0.4) is 0 Å². The second-order valence-corrected chi connectivity index (χ2v) is 5.76. The van der Waals surface area contributed by atoms with Gasteiger partial charge in [0.25, 0.3) is 0 Å². The van der Waals surface area contributed by atoms with Crippen LogP contribution in [0, 0.1) is 5.41 Å². The van der Waals surface area contributed by atoms with Gasteiger partial charge in [-0.15, -0.1) is 0 Å². The molecule has 1 aromatic carbocycles. The molecule has 110 valence electrons. The van der Waals surface area contributed by atoms with E-state index in [9.17, 15) is 9.59 Å². The van der Waals surface area contributed by atoms with Crippen molar-refractivity contribution in [3.63, 3.8) is 0 Å². The number of aromatic carboxylic acids is 1. The van der Waals surface area contributed by atoms with Crippen LogP contribution in [-0.2, 0) is 0 Å². The van der Waals surface area contributed by atoms with E-state index in [0.29, 0.717) is 11.6 Å². The van der Waals surface area contributed by atoms with Gasteiger partial charge in [-0.2, -0.15) is 0 Å². The minimum absolute atomic E-state index is 0.00698. The second kappa shape index (κ2) is 6.61. The molecule has 20 heavy (non-hydrogen) atoms. The van der Waals surface area contributed by atoms with E-state index in [1.54, 1.807) is 0 Å². The van der Waals surface area contributed by atoms with Crippen molar-refractivity contribution in [2.45, 2.75) is 27.2 Å². The summed E-state index contributed by atoms with van der Waals surface area (Å²) >= 11 is 5.75. The van der Waals surface area contributed by atoms with E-state index in [0.717, 1.165) is 6.42 Å². The molecule has 0 aliphatic carbocycles. The van der Waals surface area contributed by atoms with Gasteiger partial charge in [-0.05, 0) is 30.0 Å². The summed E-state index contributed by atoms with van der Waals surface area (Å²) in [6.07, 6.45) is 0.925. The van der Waals surface area contributed by atoms with Crippen LogP contribution in [0.15, 0.2) is 18.2 Å². The lowest BCUT2D eigenvalue weighted by Gasteiger charge is -2.23. The largest absolute Gasteiger partial charge is 0.478 e. The van der Waals surface area contributed by atoms with Crippen LogP contribution in [0.5, 0.6) is 0 Å². The Kier molecular flexibility index (Phi) is 5.39. The molecule has 0 aromatic heterocycles. The number of hydrogen-bond donors (Lipinski definition) is 3. The number of nitrogens with one attached hydrogen (secondary N) is 2. The monoisotopic (exact) mass is 298 g/mol. The van der Waals surface area contributed by atoms with Crippen LogP contribution in [-0.4, -0.2) is 23.7 Å². The molecule has 0 aliphatic heterocycles. The van der Waals surface area contributed by atoms with Crippen molar-refractivity contribution in [2.24, 2.45) is 5.41 Å². The zero-order valence-electron chi connectivity index (χ0n) is 11.8. The number of halogens is 1. The highest BCUT2D eigenvalue weighted by Gasteiger charge is 2.17. The summed E-state index contributed by atoms with van der Waals surface area (Å²) in [4.78, 5) is 22.9. The average molecular weight is 299 g/mol. The summed E-state index contributed by atoms with van der Waals surface area (Å²) in [5, 5.41) is 14.6. The first kappa shape index (κ1) is 16.3. The van der Waals surface area contributed by atoms with E-state index >= 15 is 0 Å². The van der Waals surface area contributed by atoms with Gasteiger partial charge in [0.2, 0.25) is 0 Å². The summed E-state index contributed by atoms with van der Waals surface area (Å²) in [5.41, 5.74) is 0.170. The van der Waals surface area contributed by atoms with E-state index in [1.165, 1.54) is 18.2 Å². The SMILES string of the molecule is CCC(C)(C)CNC(=O)Nc1ccc(Cl)cc1C(=O)O. The van der Waals surface area contributed by atoms with Crippen molar-refractivity contribution in [3.05, 3.63) is 28.8 Å². The fourth-order valence-electron chi connectivity index (χ4n) is 1.41. The number of hydrogen-bond acceptors (Lipinski definition) is 2. The molecular weight excluding hydrogens is 280 g/mol. The number of urea groups is 1. The zero-order valence-corrected chi connectivity index (χ0v) is 12.5. The molecule has 0 heterocycles. The predicted molar refractivity (Wildman–Crippen MR) is 79.5 cm³/mol. The van der Waals surface area contributed by atoms with E-state index in [4.69, 9.17) is 16.7 Å². The van der Waals surface area contributed by atoms with Gasteiger partial charge in [0.05, 0.1) is 11.3 Å². The third-order valence-corrected chi connectivity index (χ3v) is 3.38. The first-order valence-corrected chi connectivity index (χ1v) is 6.70. The fourth-order valence-corrected chi connectivity index (χ4v) is 1.59. The number of amides is 2. The van der Waals surface area contributed by atoms with Crippen LogP contribution in [0.25, 0.3) is 0 Å². The van der Waals surface area contributed by atoms with Gasteiger partial charge in [-0.25, -0.2) is 9.59 Å². The van der Waals surface area contributed by atoms with Gasteiger partial charge >= 0.3 is 12.0 Å². The topological polar surface area (TPSA) is 78.4 Å². The molecule has 6 heteroatoms. The first-order valence-electron chi connectivity index (χ1n) is 6.33. The maximum Gasteiger partial charge on any atom is 0.337 e. The van der Waals surface area contributed by atoms with Gasteiger partial charge in [0.1, 0.15) is 0 Å². The molecule has 3 N–H and O–H groups in total. The summed E-state index contributed by atoms with van der Waals surface area (Å²) in [6.45, 7) is 6.63. The molecule has 0 saturated carbocycles. The molecular formula is C14H19ClN2O3. The van der Waals surface area contributed by atoms with Crippen molar-refractivity contribution < 1.29 is 14.7 Å². The second-order valence-electron chi connectivity index (χ2n) is 5.32. The quantitative estimate of drug-likeness (QED) is 0.777. The third-order valence-electron chi connectivity index (χ3n) is 3.14.